The molecule has 0 aliphatic heterocycles. The van der Waals surface area contributed by atoms with Crippen LogP contribution in [0.5, 0.6) is 5.75 Å². The summed E-state index contributed by atoms with van der Waals surface area (Å²) in [6.07, 6.45) is 3.47. The van der Waals surface area contributed by atoms with Crippen molar-refractivity contribution < 1.29 is 14.6 Å². The molecule has 0 radical (unpaired) electrons. The van der Waals surface area contributed by atoms with Gasteiger partial charge in [-0.15, -0.1) is 11.3 Å². The van der Waals surface area contributed by atoms with Crippen molar-refractivity contribution in [3.8, 4) is 16.2 Å². The number of fused-ring (bicyclic) bond motifs is 2. The maximum Gasteiger partial charge on any atom is 0.329 e. The number of aliphatic hydroxyl groups excluding tert-OH is 1. The van der Waals surface area contributed by atoms with Crippen LogP contribution >= 0.6 is 11.3 Å². The molecule has 2 heterocycles. The Morgan fingerprint density at radius 3 is 2.77 bits per heavy atom. The van der Waals surface area contributed by atoms with E-state index in [0.29, 0.717) is 10.4 Å². The van der Waals surface area contributed by atoms with Crippen molar-refractivity contribution in [1.29, 1.82) is 0 Å². The van der Waals surface area contributed by atoms with Crippen molar-refractivity contribution in [2.45, 2.75) is 57.1 Å². The number of aromatic hydroxyl groups is 1. The topological polar surface area (TPSA) is 121 Å². The summed E-state index contributed by atoms with van der Waals surface area (Å²) in [5, 5.41) is 20.8. The molecule has 0 amide bonds. The second kappa shape index (κ2) is 7.29. The van der Waals surface area contributed by atoms with Crippen LogP contribution in [0.4, 0.5) is 4.39 Å². The third-order valence-corrected chi connectivity index (χ3v) is 7.79. The standard InChI is InChI=1S/C22H24FN3O4S/c1-9-16(15-7-12-11(13(27)8-24)3-2-4-14(12)31-15)18(23)20(28)17-19(9)26(10-5-6-10)22(30)25-21(17)29/h7,10-11,13,27-28H,2-6,8,24H2,1H3,(H,25,29,30). The molecule has 1 fully saturated rings. The number of aromatic nitrogens is 2. The highest BCUT2D eigenvalue weighted by Crippen LogP contribution is 2.47. The number of aliphatic hydroxyl groups is 1. The fourth-order valence-electron chi connectivity index (χ4n) is 4.90. The first-order valence-corrected chi connectivity index (χ1v) is 11.4. The number of nitrogens with two attached hydrogens (primary N) is 1. The molecule has 0 bridgehead atoms. The fraction of sp³-hybridized carbons (Fsp3) is 0.455. The molecule has 2 unspecified atom stereocenters. The molecule has 0 saturated heterocycles. The first-order chi connectivity index (χ1) is 14.8. The van der Waals surface area contributed by atoms with Crippen molar-refractivity contribution >= 4 is 22.2 Å². The van der Waals surface area contributed by atoms with E-state index in [-0.39, 0.29) is 35.0 Å². The molecule has 5 N–H and O–H groups in total. The molecular weight excluding hydrogens is 421 g/mol. The molecule has 9 heteroatoms. The smallest absolute Gasteiger partial charge is 0.329 e. The van der Waals surface area contributed by atoms with E-state index in [9.17, 15) is 19.8 Å². The lowest BCUT2D eigenvalue weighted by Gasteiger charge is -2.26. The van der Waals surface area contributed by atoms with E-state index in [2.05, 4.69) is 4.98 Å². The normalized spacial score (nSPS) is 19.5. The maximum absolute atomic E-state index is 15.4. The first-order valence-electron chi connectivity index (χ1n) is 10.5. The second-order valence-electron chi connectivity index (χ2n) is 8.54. The average Bonchev–Trinajstić information content (AvgIpc) is 3.48. The maximum atomic E-state index is 15.4. The van der Waals surface area contributed by atoms with Crippen LogP contribution in [-0.4, -0.2) is 32.4 Å². The van der Waals surface area contributed by atoms with Crippen LogP contribution < -0.4 is 17.0 Å². The number of phenols is 1. The SMILES string of the molecule is Cc1c(-c2cc3c(s2)CCCC3C(O)CN)c(F)c(O)c2c(=O)[nH]c(=O)n(C3CC3)c12. The van der Waals surface area contributed by atoms with E-state index in [1.807, 2.05) is 6.07 Å². The van der Waals surface area contributed by atoms with Crippen LogP contribution in [0.25, 0.3) is 21.3 Å². The van der Waals surface area contributed by atoms with Gasteiger partial charge >= 0.3 is 5.69 Å². The lowest BCUT2D eigenvalue weighted by atomic mass is 9.83. The van der Waals surface area contributed by atoms with Gasteiger partial charge in [0.25, 0.3) is 5.56 Å². The summed E-state index contributed by atoms with van der Waals surface area (Å²) in [7, 11) is 0. The zero-order valence-corrected chi connectivity index (χ0v) is 17.9. The highest BCUT2D eigenvalue weighted by Gasteiger charge is 2.33. The number of thiophene rings is 1. The molecule has 2 aromatic heterocycles. The van der Waals surface area contributed by atoms with Gasteiger partial charge in [-0.05, 0) is 56.2 Å². The molecule has 0 spiro atoms. The number of hydrogen-bond donors (Lipinski definition) is 4. The van der Waals surface area contributed by atoms with Crippen LogP contribution in [0.2, 0.25) is 0 Å². The molecule has 31 heavy (non-hydrogen) atoms. The second-order valence-corrected chi connectivity index (χ2v) is 9.67. The number of H-pyrrole nitrogens is 1. The van der Waals surface area contributed by atoms with Gasteiger partial charge in [0, 0.05) is 33.8 Å². The largest absolute Gasteiger partial charge is 0.504 e. The summed E-state index contributed by atoms with van der Waals surface area (Å²) in [4.78, 5) is 28.9. The Kier molecular flexibility index (Phi) is 4.80. The number of nitrogens with zero attached hydrogens (tertiary/aromatic N) is 1. The van der Waals surface area contributed by atoms with Gasteiger partial charge < -0.3 is 15.9 Å². The van der Waals surface area contributed by atoms with Crippen LogP contribution in [0, 0.1) is 12.7 Å². The van der Waals surface area contributed by atoms with Gasteiger partial charge in [-0.1, -0.05) is 0 Å². The van der Waals surface area contributed by atoms with E-state index in [1.54, 1.807) is 6.92 Å². The predicted octanol–water partition coefficient (Wildman–Crippen LogP) is 2.65. The predicted molar refractivity (Wildman–Crippen MR) is 118 cm³/mol. The summed E-state index contributed by atoms with van der Waals surface area (Å²) in [5.74, 6) is -1.72. The Bertz CT molecular complexity index is 1320. The molecule has 1 saturated carbocycles. The zero-order valence-electron chi connectivity index (χ0n) is 17.1. The summed E-state index contributed by atoms with van der Waals surface area (Å²) < 4.78 is 16.9. The quantitative estimate of drug-likeness (QED) is 0.492. The Labute approximate surface area is 181 Å². The average molecular weight is 446 g/mol. The van der Waals surface area contributed by atoms with Gasteiger partial charge in [0.2, 0.25) is 0 Å². The molecule has 2 aliphatic carbocycles. The van der Waals surface area contributed by atoms with Crippen LogP contribution in [0.1, 0.15) is 53.6 Å². The van der Waals surface area contributed by atoms with Crippen LogP contribution in [-0.2, 0) is 6.42 Å². The Hall–Kier alpha value is -2.49. The van der Waals surface area contributed by atoms with Crippen molar-refractivity contribution in [3.05, 3.63) is 48.7 Å². The minimum absolute atomic E-state index is 0.0658. The number of benzene rings is 1. The Morgan fingerprint density at radius 1 is 1.35 bits per heavy atom. The van der Waals surface area contributed by atoms with E-state index in [4.69, 9.17) is 5.73 Å². The number of nitrogens with one attached hydrogen (secondary N) is 1. The highest BCUT2D eigenvalue weighted by atomic mass is 32.1. The van der Waals surface area contributed by atoms with E-state index in [0.717, 1.165) is 42.5 Å². The fourth-order valence-corrected chi connectivity index (χ4v) is 6.27. The van der Waals surface area contributed by atoms with Crippen molar-refractivity contribution in [2.75, 3.05) is 6.54 Å². The number of phenolic OH excluding ortho intramolecular Hbond substituents is 1. The minimum Gasteiger partial charge on any atom is -0.504 e. The van der Waals surface area contributed by atoms with E-state index >= 15 is 4.39 Å². The molecule has 164 valence electrons. The third-order valence-electron chi connectivity index (χ3n) is 6.56. The Balaban J connectivity index is 1.79. The van der Waals surface area contributed by atoms with Gasteiger partial charge in [0.15, 0.2) is 11.6 Å². The number of aryl methyl sites for hydroxylation is 2. The first kappa shape index (κ1) is 20.4. The van der Waals surface area contributed by atoms with Gasteiger partial charge in [-0.25, -0.2) is 9.18 Å². The molecule has 3 aromatic rings. The molecular formula is C22H24FN3O4S. The number of rotatable bonds is 4. The molecule has 1 aromatic carbocycles. The van der Waals surface area contributed by atoms with Crippen molar-refractivity contribution in [2.24, 2.45) is 5.73 Å². The zero-order chi connectivity index (χ0) is 22.0. The number of halogens is 1. The molecule has 7 nitrogen and oxygen atoms in total. The molecule has 2 aliphatic rings. The number of aromatic amines is 1. The summed E-state index contributed by atoms with van der Waals surface area (Å²) in [6.45, 7) is 1.83. The highest BCUT2D eigenvalue weighted by molar-refractivity contribution is 7.15. The lowest BCUT2D eigenvalue weighted by molar-refractivity contribution is 0.142. The van der Waals surface area contributed by atoms with Crippen molar-refractivity contribution in [3.63, 3.8) is 0 Å². The van der Waals surface area contributed by atoms with E-state index < -0.39 is 28.9 Å². The van der Waals surface area contributed by atoms with Gasteiger partial charge in [-0.2, -0.15) is 0 Å². The van der Waals surface area contributed by atoms with Crippen molar-refractivity contribution in [1.82, 2.24) is 9.55 Å². The number of hydrogen-bond acceptors (Lipinski definition) is 6. The lowest BCUT2D eigenvalue weighted by Crippen LogP contribution is -2.30. The van der Waals surface area contributed by atoms with Crippen LogP contribution in [0.3, 0.4) is 0 Å². The van der Waals surface area contributed by atoms with Gasteiger partial charge in [0.05, 0.1) is 11.6 Å². The van der Waals surface area contributed by atoms with Gasteiger partial charge in [-0.3, -0.25) is 14.3 Å². The van der Waals surface area contributed by atoms with Gasteiger partial charge in [0.1, 0.15) is 5.39 Å². The summed E-state index contributed by atoms with van der Waals surface area (Å²) in [5.41, 5.74) is 6.25. The Morgan fingerprint density at radius 2 is 2.10 bits per heavy atom. The van der Waals surface area contributed by atoms with E-state index in [1.165, 1.54) is 15.9 Å². The molecule has 5 rings (SSSR count). The minimum atomic E-state index is -0.869. The monoisotopic (exact) mass is 445 g/mol. The van der Waals surface area contributed by atoms with Crippen LogP contribution in [0.15, 0.2) is 15.7 Å². The molecule has 2 atom stereocenters. The summed E-state index contributed by atoms with van der Waals surface area (Å²) >= 11 is 1.43. The summed E-state index contributed by atoms with van der Waals surface area (Å²) in [6, 6.07) is 1.80. The third kappa shape index (κ3) is 3.06.